The lowest BCUT2D eigenvalue weighted by Gasteiger charge is -2.41. The first-order valence-corrected chi connectivity index (χ1v) is 13.4. The summed E-state index contributed by atoms with van der Waals surface area (Å²) in [5, 5.41) is 2.82. The van der Waals surface area contributed by atoms with Crippen molar-refractivity contribution >= 4 is 17.6 Å². The number of nitrogens with zero attached hydrogens (tertiary/aromatic N) is 5. The van der Waals surface area contributed by atoms with Gasteiger partial charge in [0.2, 0.25) is 5.91 Å². The minimum Gasteiger partial charge on any atom is -0.334 e. The lowest BCUT2D eigenvalue weighted by atomic mass is 9.92. The molecule has 192 valence electrons. The predicted octanol–water partition coefficient (Wildman–Crippen LogP) is 3.51. The number of carbonyl (C=O) groups is 2. The SMILES string of the molecule is Cc1ccc(NC(=O)c2cccc([C@H]3CCCN3C(=O)C3CCN(C4CCN(C)CC4)CC3)n2)nc1. The molecular weight excluding hydrogens is 452 g/mol. The van der Waals surface area contributed by atoms with Gasteiger partial charge in [0, 0.05) is 24.7 Å². The number of aromatic nitrogens is 2. The second kappa shape index (κ2) is 11.0. The Balaban J connectivity index is 1.20. The predicted molar refractivity (Wildman–Crippen MR) is 140 cm³/mol. The Kier molecular flexibility index (Phi) is 7.62. The van der Waals surface area contributed by atoms with Gasteiger partial charge in [0.05, 0.1) is 11.7 Å². The number of aryl methyl sites for hydroxylation is 1. The third-order valence-corrected chi connectivity index (χ3v) is 8.12. The summed E-state index contributed by atoms with van der Waals surface area (Å²) in [5.41, 5.74) is 2.18. The smallest absolute Gasteiger partial charge is 0.275 e. The van der Waals surface area contributed by atoms with Gasteiger partial charge in [-0.15, -0.1) is 0 Å². The molecule has 0 aliphatic carbocycles. The van der Waals surface area contributed by atoms with Crippen LogP contribution < -0.4 is 5.32 Å². The molecule has 2 aromatic heterocycles. The number of nitrogens with one attached hydrogen (secondary N) is 1. The minimum atomic E-state index is -0.287. The zero-order valence-corrected chi connectivity index (χ0v) is 21.5. The van der Waals surface area contributed by atoms with Gasteiger partial charge in [-0.3, -0.25) is 9.59 Å². The van der Waals surface area contributed by atoms with Gasteiger partial charge < -0.3 is 20.0 Å². The van der Waals surface area contributed by atoms with Crippen LogP contribution in [0.2, 0.25) is 0 Å². The van der Waals surface area contributed by atoms with Gasteiger partial charge >= 0.3 is 0 Å². The first-order chi connectivity index (χ1) is 17.5. The maximum Gasteiger partial charge on any atom is 0.275 e. The number of hydrogen-bond acceptors (Lipinski definition) is 6. The molecular formula is C28H38N6O2. The molecule has 1 atom stereocenters. The van der Waals surface area contributed by atoms with Gasteiger partial charge in [-0.1, -0.05) is 12.1 Å². The van der Waals surface area contributed by atoms with E-state index < -0.39 is 0 Å². The number of likely N-dealkylation sites (tertiary alicyclic amines) is 3. The second-order valence-corrected chi connectivity index (χ2v) is 10.7. The molecule has 5 heterocycles. The third-order valence-electron chi connectivity index (χ3n) is 8.12. The highest BCUT2D eigenvalue weighted by atomic mass is 16.2. The van der Waals surface area contributed by atoms with Crippen LogP contribution in [0.4, 0.5) is 5.82 Å². The van der Waals surface area contributed by atoms with Crippen molar-refractivity contribution in [3.63, 3.8) is 0 Å². The Morgan fingerprint density at radius 1 is 0.944 bits per heavy atom. The Morgan fingerprint density at radius 3 is 2.44 bits per heavy atom. The fourth-order valence-electron chi connectivity index (χ4n) is 5.93. The van der Waals surface area contributed by atoms with Crippen molar-refractivity contribution in [3.8, 4) is 0 Å². The van der Waals surface area contributed by atoms with E-state index in [0.717, 1.165) is 56.6 Å². The third kappa shape index (κ3) is 5.60. The molecule has 0 spiro atoms. The maximum atomic E-state index is 13.6. The summed E-state index contributed by atoms with van der Waals surface area (Å²) in [4.78, 5) is 42.4. The van der Waals surface area contributed by atoms with Crippen LogP contribution in [0.3, 0.4) is 0 Å². The number of amides is 2. The summed E-state index contributed by atoms with van der Waals surface area (Å²) < 4.78 is 0. The fraction of sp³-hybridized carbons (Fsp3) is 0.571. The van der Waals surface area contributed by atoms with Gasteiger partial charge in [-0.05, 0) is 102 Å². The molecule has 36 heavy (non-hydrogen) atoms. The van der Waals surface area contributed by atoms with Crippen LogP contribution in [-0.2, 0) is 4.79 Å². The molecule has 2 aromatic rings. The molecule has 3 aliphatic rings. The van der Waals surface area contributed by atoms with Gasteiger partial charge in [0.1, 0.15) is 11.5 Å². The van der Waals surface area contributed by atoms with Crippen molar-refractivity contribution < 1.29 is 9.59 Å². The first kappa shape index (κ1) is 24.8. The highest BCUT2D eigenvalue weighted by Crippen LogP contribution is 2.34. The van der Waals surface area contributed by atoms with E-state index in [1.165, 1.54) is 25.9 Å². The van der Waals surface area contributed by atoms with Crippen LogP contribution in [0, 0.1) is 12.8 Å². The summed E-state index contributed by atoms with van der Waals surface area (Å²) in [6.07, 6.45) is 7.92. The molecule has 8 heteroatoms. The van der Waals surface area contributed by atoms with E-state index in [0.29, 0.717) is 17.6 Å². The molecule has 0 saturated carbocycles. The number of hydrogen-bond donors (Lipinski definition) is 1. The summed E-state index contributed by atoms with van der Waals surface area (Å²) in [7, 11) is 2.20. The van der Waals surface area contributed by atoms with Crippen LogP contribution in [0.15, 0.2) is 36.5 Å². The van der Waals surface area contributed by atoms with Crippen LogP contribution in [0.1, 0.15) is 66.3 Å². The van der Waals surface area contributed by atoms with E-state index in [2.05, 4.69) is 32.1 Å². The first-order valence-electron chi connectivity index (χ1n) is 13.4. The molecule has 0 unspecified atom stereocenters. The molecule has 3 saturated heterocycles. The summed E-state index contributed by atoms with van der Waals surface area (Å²) in [6.45, 7) is 7.10. The van der Waals surface area contributed by atoms with E-state index >= 15 is 0 Å². The summed E-state index contributed by atoms with van der Waals surface area (Å²) in [5.74, 6) is 0.570. The molecule has 3 aliphatic heterocycles. The van der Waals surface area contributed by atoms with Crippen LogP contribution in [0.25, 0.3) is 0 Å². The molecule has 0 radical (unpaired) electrons. The zero-order chi connectivity index (χ0) is 25.1. The largest absolute Gasteiger partial charge is 0.334 e. The van der Waals surface area contributed by atoms with Crippen molar-refractivity contribution in [2.24, 2.45) is 5.92 Å². The van der Waals surface area contributed by atoms with E-state index in [1.54, 1.807) is 18.3 Å². The molecule has 2 amide bonds. The van der Waals surface area contributed by atoms with Gasteiger partial charge in [0.25, 0.3) is 5.91 Å². The second-order valence-electron chi connectivity index (χ2n) is 10.7. The van der Waals surface area contributed by atoms with Crippen molar-refractivity contribution in [1.29, 1.82) is 0 Å². The van der Waals surface area contributed by atoms with Crippen molar-refractivity contribution in [2.75, 3.05) is 45.1 Å². The zero-order valence-electron chi connectivity index (χ0n) is 21.5. The Labute approximate surface area is 214 Å². The van der Waals surface area contributed by atoms with Crippen molar-refractivity contribution in [3.05, 3.63) is 53.5 Å². The molecule has 1 N–H and O–H groups in total. The van der Waals surface area contributed by atoms with E-state index in [9.17, 15) is 9.59 Å². The number of piperidine rings is 2. The van der Waals surface area contributed by atoms with Crippen LogP contribution in [0.5, 0.6) is 0 Å². The standard InChI is InChI=1S/C28H38N6O2/c1-20-8-9-26(29-19-20)31-27(35)24-6-3-5-23(30-24)25-7-4-14-34(25)28(36)21-10-17-33(18-11-21)22-12-15-32(2)16-13-22/h3,5-6,8-9,19,21-22,25H,4,7,10-18H2,1-2H3,(H,29,31,35)/t25-/m1/s1. The van der Waals surface area contributed by atoms with Gasteiger partial charge in [-0.25, -0.2) is 9.97 Å². The normalized spacial score (nSPS) is 22.6. The van der Waals surface area contributed by atoms with Gasteiger partial charge in [0.15, 0.2) is 0 Å². The topological polar surface area (TPSA) is 81.7 Å². The van der Waals surface area contributed by atoms with E-state index in [1.807, 2.05) is 30.0 Å². The Hall–Kier alpha value is -2.84. The lowest BCUT2D eigenvalue weighted by Crippen LogP contribution is -2.49. The average Bonchev–Trinajstić information content (AvgIpc) is 3.40. The number of pyridine rings is 2. The highest BCUT2D eigenvalue weighted by molar-refractivity contribution is 6.02. The van der Waals surface area contributed by atoms with Crippen LogP contribution >= 0.6 is 0 Å². The molecule has 8 nitrogen and oxygen atoms in total. The number of anilines is 1. The molecule has 0 aromatic carbocycles. The fourth-order valence-corrected chi connectivity index (χ4v) is 5.93. The van der Waals surface area contributed by atoms with Crippen LogP contribution in [-0.4, -0.2) is 82.3 Å². The highest BCUT2D eigenvalue weighted by Gasteiger charge is 2.37. The van der Waals surface area contributed by atoms with E-state index in [4.69, 9.17) is 0 Å². The number of rotatable bonds is 5. The lowest BCUT2D eigenvalue weighted by molar-refractivity contribution is -0.138. The maximum absolute atomic E-state index is 13.6. The quantitative estimate of drug-likeness (QED) is 0.691. The molecule has 3 fully saturated rings. The van der Waals surface area contributed by atoms with Crippen molar-refractivity contribution in [2.45, 2.75) is 57.5 Å². The number of carbonyl (C=O) groups excluding carboxylic acids is 2. The Bertz CT molecular complexity index is 1060. The summed E-state index contributed by atoms with van der Waals surface area (Å²) in [6, 6.07) is 9.83. The molecule has 5 rings (SSSR count). The van der Waals surface area contributed by atoms with E-state index in [-0.39, 0.29) is 23.8 Å². The van der Waals surface area contributed by atoms with Gasteiger partial charge in [-0.2, -0.15) is 0 Å². The summed E-state index contributed by atoms with van der Waals surface area (Å²) >= 11 is 0. The Morgan fingerprint density at radius 2 is 1.72 bits per heavy atom. The average molecular weight is 491 g/mol. The minimum absolute atomic E-state index is 0.0605. The van der Waals surface area contributed by atoms with Crippen molar-refractivity contribution in [1.82, 2.24) is 24.7 Å². The monoisotopic (exact) mass is 490 g/mol. The molecule has 0 bridgehead atoms.